The molecular formula is C25H18BrN3O3S. The molecule has 6 nitrogen and oxygen atoms in total. The highest BCUT2D eigenvalue weighted by Crippen LogP contribution is 2.45. The third-order valence-electron chi connectivity index (χ3n) is 5.78. The number of anilines is 1. The first-order chi connectivity index (χ1) is 16.2. The molecule has 1 fully saturated rings. The van der Waals surface area contributed by atoms with Crippen LogP contribution in [0.5, 0.6) is 11.5 Å². The lowest BCUT2D eigenvalue weighted by atomic mass is 10.0. The van der Waals surface area contributed by atoms with Crippen LogP contribution < -0.4 is 19.7 Å². The van der Waals surface area contributed by atoms with Gasteiger partial charge in [0, 0.05) is 28.0 Å². The molecule has 0 amide bonds. The number of ether oxygens (including phenoxy) is 2. The molecule has 4 heterocycles. The molecule has 0 saturated carbocycles. The Morgan fingerprint density at radius 2 is 1.82 bits per heavy atom. The second-order valence-electron chi connectivity index (χ2n) is 7.74. The van der Waals surface area contributed by atoms with Crippen LogP contribution in [0.1, 0.15) is 23.5 Å². The average Bonchev–Trinajstić information content (AvgIpc) is 3.58. The number of fused-ring (bicyclic) bond motifs is 1. The lowest BCUT2D eigenvalue weighted by Gasteiger charge is -2.26. The van der Waals surface area contributed by atoms with E-state index in [4.69, 9.17) is 26.1 Å². The van der Waals surface area contributed by atoms with Crippen LogP contribution in [0, 0.1) is 0 Å². The number of halogens is 1. The minimum Gasteiger partial charge on any atom is -0.459 e. The fraction of sp³-hybridized carbons (Fsp3) is 0.120. The van der Waals surface area contributed by atoms with E-state index in [0.29, 0.717) is 10.9 Å². The summed E-state index contributed by atoms with van der Waals surface area (Å²) in [6.45, 7) is 0.218. The molecule has 0 unspecified atom stereocenters. The summed E-state index contributed by atoms with van der Waals surface area (Å²) >= 11 is 9.27. The van der Waals surface area contributed by atoms with Crippen molar-refractivity contribution in [1.82, 2.24) is 10.3 Å². The van der Waals surface area contributed by atoms with Crippen LogP contribution >= 0.6 is 28.1 Å². The highest BCUT2D eigenvalue weighted by Gasteiger charge is 2.43. The third-order valence-corrected chi connectivity index (χ3v) is 6.62. The number of furan rings is 1. The molecule has 0 spiro atoms. The number of thiocarbonyl (C=S) groups is 1. The maximum absolute atomic E-state index is 6.40. The molecule has 33 heavy (non-hydrogen) atoms. The number of hydrogen-bond donors (Lipinski definition) is 1. The molecule has 8 heteroatoms. The van der Waals surface area contributed by atoms with Gasteiger partial charge >= 0.3 is 0 Å². The molecule has 2 aliphatic heterocycles. The zero-order chi connectivity index (χ0) is 22.4. The van der Waals surface area contributed by atoms with E-state index >= 15 is 0 Å². The number of nitrogens with one attached hydrogen (secondary N) is 1. The Bertz CT molecular complexity index is 1330. The topological polar surface area (TPSA) is 59.8 Å². The van der Waals surface area contributed by atoms with Gasteiger partial charge < -0.3 is 24.1 Å². The number of pyridine rings is 1. The fourth-order valence-corrected chi connectivity index (χ4v) is 4.85. The largest absolute Gasteiger partial charge is 0.459 e. The Hall–Kier alpha value is -3.36. The first-order valence-electron chi connectivity index (χ1n) is 10.4. The van der Waals surface area contributed by atoms with Gasteiger partial charge in [-0.15, -0.1) is 0 Å². The van der Waals surface area contributed by atoms with Gasteiger partial charge in [0.1, 0.15) is 17.6 Å². The van der Waals surface area contributed by atoms with Crippen molar-refractivity contribution in [2.75, 3.05) is 11.7 Å². The quantitative estimate of drug-likeness (QED) is 0.331. The minimum atomic E-state index is -0.239. The van der Waals surface area contributed by atoms with Crippen molar-refractivity contribution in [2.45, 2.75) is 12.1 Å². The lowest BCUT2D eigenvalue weighted by Crippen LogP contribution is -2.29. The van der Waals surface area contributed by atoms with E-state index < -0.39 is 0 Å². The summed E-state index contributed by atoms with van der Waals surface area (Å²) in [5.41, 5.74) is 2.78. The van der Waals surface area contributed by atoms with E-state index in [0.717, 1.165) is 38.7 Å². The Labute approximate surface area is 204 Å². The summed E-state index contributed by atoms with van der Waals surface area (Å²) in [6.07, 6.45) is 1.79. The van der Waals surface area contributed by atoms with Crippen LogP contribution in [-0.4, -0.2) is 16.9 Å². The Morgan fingerprint density at radius 3 is 2.64 bits per heavy atom. The molecule has 164 valence electrons. The lowest BCUT2D eigenvalue weighted by molar-refractivity contribution is 0.174. The van der Waals surface area contributed by atoms with E-state index in [2.05, 4.69) is 31.1 Å². The maximum atomic E-state index is 6.40. The summed E-state index contributed by atoms with van der Waals surface area (Å²) in [4.78, 5) is 6.65. The highest BCUT2D eigenvalue weighted by molar-refractivity contribution is 9.10. The normalized spacial score (nSPS) is 19.1. The highest BCUT2D eigenvalue weighted by atomic mass is 79.9. The van der Waals surface area contributed by atoms with E-state index in [9.17, 15) is 0 Å². The predicted molar refractivity (Wildman–Crippen MR) is 132 cm³/mol. The van der Waals surface area contributed by atoms with Gasteiger partial charge in [0.25, 0.3) is 0 Å². The standard InChI is InChI=1S/C25H18BrN3O3S/c26-16-6-4-15(5-7-16)19-10-11-21(32-19)24-23(18-3-1-2-12-27-18)28-25(33)29(24)17-8-9-20-22(13-17)31-14-30-20/h1-13,23-24H,14H2,(H,28,33)/t23-,24-/m1/s1. The van der Waals surface area contributed by atoms with Crippen LogP contribution in [0.3, 0.4) is 0 Å². The molecule has 0 radical (unpaired) electrons. The predicted octanol–water partition coefficient (Wildman–Crippen LogP) is 6.01. The average molecular weight is 520 g/mol. The maximum Gasteiger partial charge on any atom is 0.231 e. The van der Waals surface area contributed by atoms with Crippen LogP contribution in [0.4, 0.5) is 5.69 Å². The molecule has 2 aromatic carbocycles. The van der Waals surface area contributed by atoms with E-state index in [1.165, 1.54) is 0 Å². The van der Waals surface area contributed by atoms with Gasteiger partial charge in [0.2, 0.25) is 6.79 Å². The first kappa shape index (κ1) is 20.3. The number of hydrogen-bond acceptors (Lipinski definition) is 5. The van der Waals surface area contributed by atoms with Crippen molar-refractivity contribution in [1.29, 1.82) is 0 Å². The van der Waals surface area contributed by atoms with Crippen LogP contribution in [-0.2, 0) is 0 Å². The molecule has 6 rings (SSSR count). The zero-order valence-electron chi connectivity index (χ0n) is 17.3. The summed E-state index contributed by atoms with van der Waals surface area (Å²) in [7, 11) is 0. The monoisotopic (exact) mass is 519 g/mol. The van der Waals surface area contributed by atoms with Crippen molar-refractivity contribution in [3.63, 3.8) is 0 Å². The first-order valence-corrected chi connectivity index (χ1v) is 11.6. The molecule has 2 aromatic heterocycles. The van der Waals surface area contributed by atoms with Crippen molar-refractivity contribution in [3.8, 4) is 22.8 Å². The Morgan fingerprint density at radius 1 is 0.970 bits per heavy atom. The Balaban J connectivity index is 1.44. The summed E-state index contributed by atoms with van der Waals surface area (Å²) in [6, 6.07) is 23.3. The van der Waals surface area contributed by atoms with Crippen molar-refractivity contribution < 1.29 is 13.9 Å². The summed E-state index contributed by atoms with van der Waals surface area (Å²) in [5, 5.41) is 4.04. The SMILES string of the molecule is S=C1N[C@H](c2ccccn2)[C@@H](c2ccc(-c3ccc(Br)cc3)o2)N1c1ccc2c(c1)OCO2. The second kappa shape index (κ2) is 8.20. The van der Waals surface area contributed by atoms with Gasteiger partial charge in [-0.25, -0.2) is 0 Å². The number of benzene rings is 2. The van der Waals surface area contributed by atoms with Gasteiger partial charge in [0.15, 0.2) is 16.6 Å². The van der Waals surface area contributed by atoms with Crippen LogP contribution in [0.15, 0.2) is 87.9 Å². The van der Waals surface area contributed by atoms with E-state index in [-0.39, 0.29) is 18.9 Å². The summed E-state index contributed by atoms with van der Waals surface area (Å²) in [5.74, 6) is 3.00. The van der Waals surface area contributed by atoms with Gasteiger partial charge in [0.05, 0.1) is 11.7 Å². The molecule has 2 aliphatic rings. The molecule has 1 N–H and O–H groups in total. The Kier molecular flexibility index (Phi) is 5.04. The van der Waals surface area contributed by atoms with Gasteiger partial charge in [-0.1, -0.05) is 34.1 Å². The van der Waals surface area contributed by atoms with Crippen molar-refractivity contribution in [3.05, 3.63) is 94.9 Å². The molecule has 1 saturated heterocycles. The number of nitrogens with zero attached hydrogens (tertiary/aromatic N) is 2. The van der Waals surface area contributed by atoms with Gasteiger partial charge in [-0.3, -0.25) is 4.98 Å². The molecule has 0 bridgehead atoms. The summed E-state index contributed by atoms with van der Waals surface area (Å²) < 4.78 is 18.5. The minimum absolute atomic E-state index is 0.187. The molecular weight excluding hydrogens is 502 g/mol. The second-order valence-corrected chi connectivity index (χ2v) is 9.05. The van der Waals surface area contributed by atoms with E-state index in [1.54, 1.807) is 6.20 Å². The molecule has 4 aromatic rings. The smallest absolute Gasteiger partial charge is 0.231 e. The third kappa shape index (κ3) is 3.65. The zero-order valence-corrected chi connectivity index (χ0v) is 19.7. The van der Waals surface area contributed by atoms with Gasteiger partial charge in [-0.05, 0) is 60.7 Å². The van der Waals surface area contributed by atoms with Crippen LogP contribution in [0.2, 0.25) is 0 Å². The van der Waals surface area contributed by atoms with E-state index in [1.807, 2.05) is 72.8 Å². The number of aromatic nitrogens is 1. The number of rotatable bonds is 4. The fourth-order valence-electron chi connectivity index (χ4n) is 4.24. The van der Waals surface area contributed by atoms with Crippen LogP contribution in [0.25, 0.3) is 11.3 Å². The molecule has 2 atom stereocenters. The van der Waals surface area contributed by atoms with Crippen molar-refractivity contribution >= 4 is 38.9 Å². The van der Waals surface area contributed by atoms with Crippen molar-refractivity contribution in [2.24, 2.45) is 0 Å². The molecule has 0 aliphatic carbocycles. The van der Waals surface area contributed by atoms with Gasteiger partial charge in [-0.2, -0.15) is 0 Å².